The van der Waals surface area contributed by atoms with E-state index in [2.05, 4.69) is 10.3 Å². The Labute approximate surface area is 202 Å². The van der Waals surface area contributed by atoms with Crippen LogP contribution in [0.5, 0.6) is 11.5 Å². The van der Waals surface area contributed by atoms with Crippen LogP contribution in [0.15, 0.2) is 29.6 Å². The molecule has 6 rings (SSSR count). The first-order valence-electron chi connectivity index (χ1n) is 11.0. The lowest BCUT2D eigenvalue weighted by atomic mass is 10.1. The standard InChI is InChI=1S/C23H21FN4O4S2/c24-13-3-1-2-11(6-13)19-17(27-23(25)34-19)22(30)28-9-12-7-14(12)15(28)8-26-21(29)20-18-16(10-33-20)31-4-5-32-18/h1-3,6,10,12,14-15H,4-5,7-9H2,(H2,25,27)(H,26,29)/t12-,14-,15+/m0/s1. The van der Waals surface area contributed by atoms with Crippen molar-refractivity contribution >= 4 is 39.6 Å². The lowest BCUT2D eigenvalue weighted by molar-refractivity contribution is 0.0690. The van der Waals surface area contributed by atoms with E-state index in [1.54, 1.807) is 22.4 Å². The number of nitrogen functional groups attached to an aromatic ring is 1. The smallest absolute Gasteiger partial charge is 0.274 e. The number of nitrogens with one attached hydrogen (secondary N) is 1. The fourth-order valence-corrected chi connectivity index (χ4v) is 6.47. The number of anilines is 1. The molecule has 11 heteroatoms. The second-order valence-corrected chi connectivity index (χ2v) is 10.5. The van der Waals surface area contributed by atoms with Gasteiger partial charge in [-0.25, -0.2) is 9.37 Å². The Morgan fingerprint density at radius 2 is 2.15 bits per heavy atom. The number of carbonyl (C=O) groups excluding carboxylic acids is 2. The lowest BCUT2D eigenvalue weighted by Gasteiger charge is -2.27. The van der Waals surface area contributed by atoms with Gasteiger partial charge in [-0.3, -0.25) is 9.59 Å². The largest absolute Gasteiger partial charge is 0.485 e. The molecule has 3 N–H and O–H groups in total. The number of amides is 2. The van der Waals surface area contributed by atoms with Crippen LogP contribution in [-0.4, -0.2) is 54.0 Å². The van der Waals surface area contributed by atoms with Crippen molar-refractivity contribution in [3.05, 3.63) is 46.0 Å². The highest BCUT2D eigenvalue weighted by Gasteiger charge is 2.54. The van der Waals surface area contributed by atoms with Crippen molar-refractivity contribution in [1.82, 2.24) is 15.2 Å². The summed E-state index contributed by atoms with van der Waals surface area (Å²) in [5, 5.41) is 5.00. The second-order valence-electron chi connectivity index (χ2n) is 8.59. The molecule has 34 heavy (non-hydrogen) atoms. The fraction of sp³-hybridized carbons (Fsp3) is 0.348. The molecule has 2 amide bonds. The number of rotatable bonds is 5. The summed E-state index contributed by atoms with van der Waals surface area (Å²) in [6, 6.07) is 5.91. The Bertz CT molecular complexity index is 1290. The summed E-state index contributed by atoms with van der Waals surface area (Å²) < 4.78 is 24.9. The minimum absolute atomic E-state index is 0.141. The van der Waals surface area contributed by atoms with Gasteiger partial charge in [-0.15, -0.1) is 11.3 Å². The van der Waals surface area contributed by atoms with E-state index in [0.29, 0.717) is 65.0 Å². The van der Waals surface area contributed by atoms with Crippen molar-refractivity contribution in [1.29, 1.82) is 0 Å². The van der Waals surface area contributed by atoms with E-state index in [1.807, 2.05) is 0 Å². The summed E-state index contributed by atoms with van der Waals surface area (Å²) in [5.41, 5.74) is 6.73. The molecule has 1 saturated heterocycles. The van der Waals surface area contributed by atoms with Gasteiger partial charge in [-0.05, 0) is 36.0 Å². The molecule has 4 heterocycles. The monoisotopic (exact) mass is 500 g/mol. The quantitative estimate of drug-likeness (QED) is 0.557. The normalized spacial score (nSPS) is 22.4. The Morgan fingerprint density at radius 1 is 1.29 bits per heavy atom. The van der Waals surface area contributed by atoms with Gasteiger partial charge in [0, 0.05) is 18.5 Å². The molecule has 3 aromatic rings. The maximum atomic E-state index is 13.8. The minimum Gasteiger partial charge on any atom is -0.485 e. The van der Waals surface area contributed by atoms with Gasteiger partial charge in [-0.1, -0.05) is 23.5 Å². The van der Waals surface area contributed by atoms with E-state index in [1.165, 1.54) is 23.5 Å². The van der Waals surface area contributed by atoms with Crippen LogP contribution in [0.1, 0.15) is 26.6 Å². The molecule has 0 bridgehead atoms. The average Bonchev–Trinajstić information content (AvgIpc) is 3.17. The van der Waals surface area contributed by atoms with Crippen molar-refractivity contribution in [3.63, 3.8) is 0 Å². The van der Waals surface area contributed by atoms with E-state index in [0.717, 1.165) is 17.8 Å². The van der Waals surface area contributed by atoms with Gasteiger partial charge in [0.25, 0.3) is 11.8 Å². The van der Waals surface area contributed by atoms with Crippen molar-refractivity contribution in [2.24, 2.45) is 11.8 Å². The van der Waals surface area contributed by atoms with Crippen molar-refractivity contribution in [2.45, 2.75) is 12.5 Å². The third-order valence-electron chi connectivity index (χ3n) is 6.48. The van der Waals surface area contributed by atoms with Gasteiger partial charge in [0.1, 0.15) is 29.6 Å². The first-order chi connectivity index (χ1) is 16.5. The highest BCUT2D eigenvalue weighted by molar-refractivity contribution is 7.19. The van der Waals surface area contributed by atoms with Gasteiger partial charge in [-0.2, -0.15) is 0 Å². The number of ether oxygens (including phenoxy) is 2. The molecular formula is C23H21FN4O4S2. The number of thiophene rings is 1. The highest BCUT2D eigenvalue weighted by atomic mass is 32.1. The van der Waals surface area contributed by atoms with Gasteiger partial charge < -0.3 is 25.4 Å². The SMILES string of the molecule is Nc1nc(C(=O)N2C[C@@H]3C[C@@H]3[C@H]2CNC(=O)c2scc3c2OCCO3)c(-c2cccc(F)c2)s1. The number of likely N-dealkylation sites (tertiary alicyclic amines) is 1. The summed E-state index contributed by atoms with van der Waals surface area (Å²) >= 11 is 2.44. The molecule has 2 aromatic heterocycles. The zero-order chi connectivity index (χ0) is 23.4. The molecule has 3 aliphatic rings. The van der Waals surface area contributed by atoms with E-state index in [4.69, 9.17) is 15.2 Å². The van der Waals surface area contributed by atoms with Crippen LogP contribution in [0.25, 0.3) is 10.4 Å². The molecule has 1 aliphatic carbocycles. The number of benzene rings is 1. The predicted molar refractivity (Wildman–Crippen MR) is 126 cm³/mol. The number of hydrogen-bond donors (Lipinski definition) is 2. The maximum absolute atomic E-state index is 13.8. The third kappa shape index (κ3) is 3.68. The molecule has 2 aliphatic heterocycles. The Balaban J connectivity index is 1.21. The lowest BCUT2D eigenvalue weighted by Crippen LogP contribution is -2.45. The number of nitrogens with two attached hydrogens (primary N) is 1. The van der Waals surface area contributed by atoms with E-state index < -0.39 is 5.82 Å². The van der Waals surface area contributed by atoms with E-state index in [-0.39, 0.29) is 28.7 Å². The van der Waals surface area contributed by atoms with Crippen LogP contribution in [0.4, 0.5) is 9.52 Å². The average molecular weight is 501 g/mol. The molecule has 0 radical (unpaired) electrons. The van der Waals surface area contributed by atoms with Crippen molar-refractivity contribution < 1.29 is 23.5 Å². The summed E-state index contributed by atoms with van der Waals surface area (Å²) in [5.74, 6) is 0.953. The highest BCUT2D eigenvalue weighted by Crippen LogP contribution is 2.50. The number of fused-ring (bicyclic) bond motifs is 2. The van der Waals surface area contributed by atoms with Crippen LogP contribution < -0.4 is 20.5 Å². The summed E-state index contributed by atoms with van der Waals surface area (Å²) in [4.78, 5) is 33.5. The van der Waals surface area contributed by atoms with Gasteiger partial charge >= 0.3 is 0 Å². The first kappa shape index (κ1) is 21.4. The Kier molecular flexibility index (Phi) is 5.18. The zero-order valence-corrected chi connectivity index (χ0v) is 19.6. The number of hydrogen-bond acceptors (Lipinski definition) is 8. The molecule has 1 saturated carbocycles. The van der Waals surface area contributed by atoms with Crippen LogP contribution >= 0.6 is 22.7 Å². The number of aromatic nitrogens is 1. The predicted octanol–water partition coefficient (Wildman–Crippen LogP) is 3.25. The number of carbonyl (C=O) groups is 2. The molecule has 0 unspecified atom stereocenters. The molecule has 176 valence electrons. The zero-order valence-electron chi connectivity index (χ0n) is 18.0. The van der Waals surface area contributed by atoms with Crippen LogP contribution in [0, 0.1) is 17.7 Å². The molecular weight excluding hydrogens is 479 g/mol. The van der Waals surface area contributed by atoms with Gasteiger partial charge in [0.05, 0.1) is 10.9 Å². The molecule has 0 spiro atoms. The van der Waals surface area contributed by atoms with E-state index in [9.17, 15) is 14.0 Å². The summed E-state index contributed by atoms with van der Waals surface area (Å²) in [6.45, 7) is 1.80. The van der Waals surface area contributed by atoms with Crippen LogP contribution in [-0.2, 0) is 0 Å². The molecule has 3 atom stereocenters. The third-order valence-corrected chi connectivity index (χ3v) is 8.35. The topological polar surface area (TPSA) is 107 Å². The molecule has 8 nitrogen and oxygen atoms in total. The Morgan fingerprint density at radius 3 is 3.00 bits per heavy atom. The van der Waals surface area contributed by atoms with Crippen LogP contribution in [0.3, 0.4) is 0 Å². The molecule has 2 fully saturated rings. The summed E-state index contributed by atoms with van der Waals surface area (Å²) in [7, 11) is 0. The van der Waals surface area contributed by atoms with Crippen LogP contribution in [0.2, 0.25) is 0 Å². The number of piperidine rings is 1. The molecule has 1 aromatic carbocycles. The first-order valence-corrected chi connectivity index (χ1v) is 12.7. The van der Waals surface area contributed by atoms with Gasteiger partial charge in [0.15, 0.2) is 16.6 Å². The number of nitrogens with zero attached hydrogens (tertiary/aromatic N) is 2. The maximum Gasteiger partial charge on any atom is 0.274 e. The van der Waals surface area contributed by atoms with Crippen molar-refractivity contribution in [2.75, 3.05) is 32.0 Å². The van der Waals surface area contributed by atoms with Gasteiger partial charge in [0.2, 0.25) is 0 Å². The van der Waals surface area contributed by atoms with Crippen molar-refractivity contribution in [3.8, 4) is 21.9 Å². The number of thiazole rings is 1. The minimum atomic E-state index is -0.393. The van der Waals surface area contributed by atoms with E-state index >= 15 is 0 Å². The fourth-order valence-electron chi connectivity index (χ4n) is 4.81. The second kappa shape index (κ2) is 8.24. The Hall–Kier alpha value is -3.18. The summed E-state index contributed by atoms with van der Waals surface area (Å²) in [6.07, 6.45) is 1.03. The number of halogens is 1.